The fourth-order valence-electron chi connectivity index (χ4n) is 2.81. The van der Waals surface area contributed by atoms with Crippen LogP contribution in [0.1, 0.15) is 20.8 Å². The summed E-state index contributed by atoms with van der Waals surface area (Å²) in [5, 5.41) is 2.61. The average Bonchev–Trinajstić information content (AvgIpc) is 2.66. The summed E-state index contributed by atoms with van der Waals surface area (Å²) in [7, 11) is -3.99. The molecule has 0 aliphatic heterocycles. The van der Waals surface area contributed by atoms with Crippen molar-refractivity contribution in [3.63, 3.8) is 0 Å². The second-order valence-corrected chi connectivity index (χ2v) is 8.28. The molecule has 1 aromatic heterocycles. The third-order valence-electron chi connectivity index (χ3n) is 4.29. The minimum Gasteiger partial charge on any atom is -0.325 e. The summed E-state index contributed by atoms with van der Waals surface area (Å²) in [6, 6.07) is 9.75. The highest BCUT2D eigenvalue weighted by atomic mass is 35.5. The van der Waals surface area contributed by atoms with Gasteiger partial charge in [0.05, 0.1) is 11.4 Å². The molecule has 0 bridgehead atoms. The molecule has 0 atom stereocenters. The van der Waals surface area contributed by atoms with Crippen molar-refractivity contribution in [3.8, 4) is 0 Å². The number of hydrogen-bond donors (Lipinski definition) is 1. The van der Waals surface area contributed by atoms with Crippen LogP contribution in [0.15, 0.2) is 47.5 Å². The number of halogens is 1. The largest absolute Gasteiger partial charge is 0.325 e. The Morgan fingerprint density at radius 2 is 1.79 bits per heavy atom. The summed E-state index contributed by atoms with van der Waals surface area (Å²) >= 11 is 6.08. The maximum Gasteiger partial charge on any atom is 0.267 e. The molecule has 152 valence electrons. The molecular formula is C19H25ClN4O3S. The van der Waals surface area contributed by atoms with E-state index in [-0.39, 0.29) is 22.5 Å². The molecule has 0 radical (unpaired) electrons. The van der Waals surface area contributed by atoms with Crippen LogP contribution in [-0.4, -0.2) is 50.4 Å². The van der Waals surface area contributed by atoms with Gasteiger partial charge in [0.2, 0.25) is 5.91 Å². The summed E-state index contributed by atoms with van der Waals surface area (Å²) in [4.78, 5) is 17.5. The Morgan fingerprint density at radius 3 is 2.39 bits per heavy atom. The normalized spacial score (nSPS) is 11.5. The van der Waals surface area contributed by atoms with Gasteiger partial charge in [0.25, 0.3) is 10.0 Å². The van der Waals surface area contributed by atoms with Crippen LogP contribution in [-0.2, 0) is 14.8 Å². The number of anilines is 2. The van der Waals surface area contributed by atoms with Crippen LogP contribution in [0.5, 0.6) is 0 Å². The van der Waals surface area contributed by atoms with E-state index in [1.807, 2.05) is 13.8 Å². The van der Waals surface area contributed by atoms with Crippen LogP contribution in [0.2, 0.25) is 5.15 Å². The number of nitrogens with zero attached hydrogens (tertiary/aromatic N) is 3. The maximum atomic E-state index is 13.5. The van der Waals surface area contributed by atoms with Gasteiger partial charge in [-0.1, -0.05) is 37.6 Å². The summed E-state index contributed by atoms with van der Waals surface area (Å²) in [5.41, 5.74) is 0.794. The highest BCUT2D eigenvalue weighted by Gasteiger charge is 2.29. The fourth-order valence-corrected chi connectivity index (χ4v) is 4.72. The molecule has 9 heteroatoms. The predicted molar refractivity (Wildman–Crippen MR) is 112 cm³/mol. The van der Waals surface area contributed by atoms with Crippen molar-refractivity contribution in [2.24, 2.45) is 0 Å². The molecule has 0 spiro atoms. The molecule has 7 nitrogen and oxygen atoms in total. The summed E-state index contributed by atoms with van der Waals surface area (Å²) < 4.78 is 28.2. The number of carbonyl (C=O) groups is 1. The lowest BCUT2D eigenvalue weighted by atomic mass is 10.2. The van der Waals surface area contributed by atoms with Gasteiger partial charge in [0, 0.05) is 26.2 Å². The van der Waals surface area contributed by atoms with Crippen molar-refractivity contribution in [1.29, 1.82) is 0 Å². The van der Waals surface area contributed by atoms with Crippen LogP contribution in [0, 0.1) is 0 Å². The molecule has 1 aromatic carbocycles. The Morgan fingerprint density at radius 1 is 1.11 bits per heavy atom. The fraction of sp³-hybridized carbons (Fsp3) is 0.368. The van der Waals surface area contributed by atoms with Gasteiger partial charge in [-0.15, -0.1) is 0 Å². The lowest BCUT2D eigenvalue weighted by Gasteiger charge is -2.29. The van der Waals surface area contributed by atoms with Crippen LogP contribution in [0.3, 0.4) is 0 Å². The standard InChI is InChI=1S/C19H25ClN4O3S/c1-4-23(5-2)13-14-24(17-10-7-6-9-16(17)22-15(3)25)28(26,27)18-11-8-12-21-19(18)20/h6-12H,4-5,13-14H2,1-3H3,(H,22,25). The van der Waals surface area contributed by atoms with E-state index in [9.17, 15) is 13.2 Å². The van der Waals surface area contributed by atoms with E-state index in [4.69, 9.17) is 11.6 Å². The first kappa shape index (κ1) is 22.1. The zero-order chi connectivity index (χ0) is 20.7. The first-order chi connectivity index (χ1) is 13.3. The number of rotatable bonds is 9. The molecule has 0 aliphatic carbocycles. The Bertz CT molecular complexity index is 917. The quantitative estimate of drug-likeness (QED) is 0.625. The molecule has 0 saturated carbocycles. The molecular weight excluding hydrogens is 400 g/mol. The van der Waals surface area contributed by atoms with Crippen molar-refractivity contribution in [2.45, 2.75) is 25.7 Å². The van der Waals surface area contributed by atoms with Gasteiger partial charge in [0.1, 0.15) is 10.0 Å². The zero-order valence-electron chi connectivity index (χ0n) is 16.2. The van der Waals surface area contributed by atoms with Crippen molar-refractivity contribution in [2.75, 3.05) is 35.8 Å². The second kappa shape index (κ2) is 9.86. The number of carbonyl (C=O) groups excluding carboxylic acids is 1. The second-order valence-electron chi connectivity index (χ2n) is 6.09. The minimum absolute atomic E-state index is 0.0751. The van der Waals surface area contributed by atoms with Crippen LogP contribution in [0.4, 0.5) is 11.4 Å². The van der Waals surface area contributed by atoms with E-state index in [2.05, 4.69) is 15.2 Å². The maximum absolute atomic E-state index is 13.5. The van der Waals surface area contributed by atoms with Gasteiger partial charge >= 0.3 is 0 Å². The molecule has 1 heterocycles. The molecule has 2 rings (SSSR count). The van der Waals surface area contributed by atoms with Gasteiger partial charge in [0.15, 0.2) is 0 Å². The predicted octanol–water partition coefficient (Wildman–Crippen LogP) is 3.23. The Kier molecular flexibility index (Phi) is 7.79. The monoisotopic (exact) mass is 424 g/mol. The molecule has 28 heavy (non-hydrogen) atoms. The Hall–Kier alpha value is -2.16. The van der Waals surface area contributed by atoms with Gasteiger partial charge in [-0.2, -0.15) is 0 Å². The summed E-state index contributed by atoms with van der Waals surface area (Å²) in [6.07, 6.45) is 1.44. The number of hydrogen-bond acceptors (Lipinski definition) is 5. The smallest absolute Gasteiger partial charge is 0.267 e. The summed E-state index contributed by atoms with van der Waals surface area (Å²) in [6.45, 7) is 7.74. The van der Waals surface area contributed by atoms with Crippen molar-refractivity contribution >= 4 is 38.9 Å². The van der Waals surface area contributed by atoms with Crippen LogP contribution >= 0.6 is 11.6 Å². The third kappa shape index (κ3) is 5.21. The van der Waals surface area contributed by atoms with Gasteiger partial charge in [-0.3, -0.25) is 9.10 Å². The number of likely N-dealkylation sites (N-methyl/N-ethyl adjacent to an activating group) is 1. The van der Waals surface area contributed by atoms with Gasteiger partial charge in [-0.25, -0.2) is 13.4 Å². The minimum atomic E-state index is -3.99. The van der Waals surface area contributed by atoms with Crippen LogP contribution in [0.25, 0.3) is 0 Å². The number of nitrogens with one attached hydrogen (secondary N) is 1. The highest BCUT2D eigenvalue weighted by molar-refractivity contribution is 7.93. The molecule has 0 unspecified atom stereocenters. The molecule has 0 saturated heterocycles. The number of sulfonamides is 1. The van der Waals surface area contributed by atoms with E-state index < -0.39 is 10.0 Å². The first-order valence-corrected chi connectivity index (χ1v) is 10.8. The van der Waals surface area contributed by atoms with E-state index >= 15 is 0 Å². The van der Waals surface area contributed by atoms with E-state index in [1.54, 1.807) is 24.3 Å². The first-order valence-electron chi connectivity index (χ1n) is 9.03. The lowest BCUT2D eigenvalue weighted by molar-refractivity contribution is -0.114. The topological polar surface area (TPSA) is 82.6 Å². The number of pyridine rings is 1. The molecule has 2 aromatic rings. The summed E-state index contributed by atoms with van der Waals surface area (Å²) in [5.74, 6) is -0.284. The average molecular weight is 425 g/mol. The molecule has 0 fully saturated rings. The van der Waals surface area contributed by atoms with Crippen LogP contribution < -0.4 is 9.62 Å². The lowest BCUT2D eigenvalue weighted by Crippen LogP contribution is -2.39. The highest BCUT2D eigenvalue weighted by Crippen LogP contribution is 2.32. The molecule has 1 N–H and O–H groups in total. The number of aromatic nitrogens is 1. The number of benzene rings is 1. The Labute approximate surface area is 171 Å². The van der Waals surface area contributed by atoms with Crippen molar-refractivity contribution in [3.05, 3.63) is 47.7 Å². The zero-order valence-corrected chi connectivity index (χ0v) is 17.8. The van der Waals surface area contributed by atoms with E-state index in [1.165, 1.54) is 29.6 Å². The molecule has 0 aliphatic rings. The van der Waals surface area contributed by atoms with Crippen molar-refractivity contribution in [1.82, 2.24) is 9.88 Å². The van der Waals surface area contributed by atoms with E-state index in [0.29, 0.717) is 17.9 Å². The molecule has 1 amide bonds. The van der Waals surface area contributed by atoms with Gasteiger partial charge < -0.3 is 10.2 Å². The SMILES string of the molecule is CCN(CC)CCN(c1ccccc1NC(C)=O)S(=O)(=O)c1cccnc1Cl. The van der Waals surface area contributed by atoms with Crippen molar-refractivity contribution < 1.29 is 13.2 Å². The number of para-hydroxylation sites is 2. The number of amides is 1. The van der Waals surface area contributed by atoms with Gasteiger partial charge in [-0.05, 0) is 37.4 Å². The Balaban J connectivity index is 2.55. The van der Waals surface area contributed by atoms with E-state index in [0.717, 1.165) is 13.1 Å². The third-order valence-corrected chi connectivity index (χ3v) is 6.55.